The number of ether oxygens (including phenoxy) is 2. The van der Waals surface area contributed by atoms with Crippen molar-refractivity contribution in [2.45, 2.75) is 13.3 Å². The number of rotatable bonds is 4. The SMILES string of the molecule is Cc1ccn2c(NC(=O)[C@@H]3CC(=O)N(c4ccc5c(c4)OCCO5)C3)c(-c3cccs3)nc2c1. The van der Waals surface area contributed by atoms with Crippen LogP contribution in [0.4, 0.5) is 11.5 Å². The predicted molar refractivity (Wildman–Crippen MR) is 130 cm³/mol. The standard InChI is InChI=1S/C25H22N4O4S/c1-15-6-7-28-21(11-15)26-23(20-3-2-10-34-20)24(28)27-25(31)16-12-22(30)29(14-16)17-4-5-18-19(13-17)33-9-8-32-18/h2-7,10-11,13,16H,8-9,12,14H2,1H3,(H,27,31)/t16-/m1/s1. The summed E-state index contributed by atoms with van der Waals surface area (Å²) in [5.41, 5.74) is 3.28. The molecule has 1 aromatic carbocycles. The van der Waals surface area contributed by atoms with Gasteiger partial charge in [0.2, 0.25) is 11.8 Å². The van der Waals surface area contributed by atoms with Gasteiger partial charge in [0.1, 0.15) is 30.4 Å². The molecule has 8 nitrogen and oxygen atoms in total. The maximum absolute atomic E-state index is 13.3. The second kappa shape index (κ2) is 8.18. The molecule has 1 N–H and O–H groups in total. The first-order valence-electron chi connectivity index (χ1n) is 11.1. The van der Waals surface area contributed by atoms with E-state index in [1.807, 2.05) is 53.2 Å². The number of aryl methyl sites for hydroxylation is 1. The first kappa shape index (κ1) is 20.7. The van der Waals surface area contributed by atoms with E-state index in [1.165, 1.54) is 0 Å². The Bertz CT molecular complexity index is 1410. The molecule has 34 heavy (non-hydrogen) atoms. The summed E-state index contributed by atoms with van der Waals surface area (Å²) in [6.45, 7) is 3.29. The molecule has 0 spiro atoms. The summed E-state index contributed by atoms with van der Waals surface area (Å²) >= 11 is 1.57. The van der Waals surface area contributed by atoms with Crippen molar-refractivity contribution in [3.63, 3.8) is 0 Å². The van der Waals surface area contributed by atoms with Crippen LogP contribution in [0.2, 0.25) is 0 Å². The number of imidazole rings is 1. The van der Waals surface area contributed by atoms with Gasteiger partial charge in [-0.1, -0.05) is 6.07 Å². The second-order valence-corrected chi connectivity index (χ2v) is 9.39. The number of thiophene rings is 1. The van der Waals surface area contributed by atoms with Gasteiger partial charge in [0.25, 0.3) is 0 Å². The Kier molecular flexibility index (Phi) is 4.99. The van der Waals surface area contributed by atoms with E-state index in [4.69, 9.17) is 14.5 Å². The minimum Gasteiger partial charge on any atom is -0.486 e. The Hall–Kier alpha value is -3.85. The number of benzene rings is 1. The molecule has 0 unspecified atom stereocenters. The van der Waals surface area contributed by atoms with Crippen LogP contribution in [0.15, 0.2) is 54.0 Å². The highest BCUT2D eigenvalue weighted by molar-refractivity contribution is 7.13. The molecule has 5 heterocycles. The van der Waals surface area contributed by atoms with Crippen LogP contribution in [0, 0.1) is 12.8 Å². The van der Waals surface area contributed by atoms with Crippen molar-refractivity contribution in [2.24, 2.45) is 5.92 Å². The van der Waals surface area contributed by atoms with E-state index in [-0.39, 0.29) is 18.2 Å². The number of anilines is 2. The number of nitrogens with zero attached hydrogens (tertiary/aromatic N) is 3. The molecular formula is C25H22N4O4S. The van der Waals surface area contributed by atoms with Gasteiger partial charge in [0, 0.05) is 30.9 Å². The Morgan fingerprint density at radius 3 is 2.82 bits per heavy atom. The quantitative estimate of drug-likeness (QED) is 0.481. The molecule has 2 amide bonds. The van der Waals surface area contributed by atoms with E-state index in [0.29, 0.717) is 42.8 Å². The van der Waals surface area contributed by atoms with Gasteiger partial charge in [-0.2, -0.15) is 0 Å². The Morgan fingerprint density at radius 1 is 1.15 bits per heavy atom. The number of carbonyl (C=O) groups is 2. The molecule has 9 heteroatoms. The zero-order valence-electron chi connectivity index (χ0n) is 18.5. The van der Waals surface area contributed by atoms with Crippen LogP contribution in [0.1, 0.15) is 12.0 Å². The normalized spacial score (nSPS) is 17.4. The lowest BCUT2D eigenvalue weighted by molar-refractivity contribution is -0.122. The largest absolute Gasteiger partial charge is 0.486 e. The number of hydrogen-bond donors (Lipinski definition) is 1. The summed E-state index contributed by atoms with van der Waals surface area (Å²) in [6, 6.07) is 13.3. The maximum Gasteiger partial charge on any atom is 0.230 e. The number of amides is 2. The third-order valence-corrected chi connectivity index (χ3v) is 6.99. The minimum absolute atomic E-state index is 0.0934. The van der Waals surface area contributed by atoms with Gasteiger partial charge < -0.3 is 19.7 Å². The third-order valence-electron chi connectivity index (χ3n) is 6.11. The number of fused-ring (bicyclic) bond motifs is 2. The smallest absolute Gasteiger partial charge is 0.230 e. The van der Waals surface area contributed by atoms with Crippen LogP contribution in [0.5, 0.6) is 11.5 Å². The molecule has 0 radical (unpaired) electrons. The van der Waals surface area contributed by atoms with Crippen molar-refractivity contribution in [3.8, 4) is 22.1 Å². The van der Waals surface area contributed by atoms with Gasteiger partial charge in [-0.3, -0.25) is 14.0 Å². The highest BCUT2D eigenvalue weighted by atomic mass is 32.1. The van der Waals surface area contributed by atoms with Crippen LogP contribution < -0.4 is 19.7 Å². The van der Waals surface area contributed by atoms with Crippen molar-refractivity contribution in [3.05, 3.63) is 59.6 Å². The van der Waals surface area contributed by atoms with Gasteiger partial charge in [0.15, 0.2) is 11.5 Å². The molecule has 6 rings (SSSR count). The van der Waals surface area contributed by atoms with E-state index in [2.05, 4.69) is 5.32 Å². The summed E-state index contributed by atoms with van der Waals surface area (Å²) in [5.74, 6) is 1.13. The van der Waals surface area contributed by atoms with E-state index < -0.39 is 5.92 Å². The molecule has 0 saturated carbocycles. The van der Waals surface area contributed by atoms with Crippen molar-refractivity contribution >= 4 is 40.3 Å². The minimum atomic E-state index is -0.479. The van der Waals surface area contributed by atoms with Crippen LogP contribution in [0.3, 0.4) is 0 Å². The zero-order valence-corrected chi connectivity index (χ0v) is 19.3. The van der Waals surface area contributed by atoms with Gasteiger partial charge >= 0.3 is 0 Å². The number of aromatic nitrogens is 2. The summed E-state index contributed by atoms with van der Waals surface area (Å²) in [5, 5.41) is 5.05. The van der Waals surface area contributed by atoms with Crippen LogP contribution in [0.25, 0.3) is 16.2 Å². The van der Waals surface area contributed by atoms with E-state index >= 15 is 0 Å². The van der Waals surface area contributed by atoms with Crippen molar-refractivity contribution in [2.75, 3.05) is 30.0 Å². The van der Waals surface area contributed by atoms with Crippen LogP contribution in [-0.4, -0.2) is 41.0 Å². The fourth-order valence-electron chi connectivity index (χ4n) is 4.40. The lowest BCUT2D eigenvalue weighted by Gasteiger charge is -2.22. The molecule has 172 valence electrons. The Morgan fingerprint density at radius 2 is 2.00 bits per heavy atom. The van der Waals surface area contributed by atoms with Crippen molar-refractivity contribution in [1.82, 2.24) is 9.38 Å². The topological polar surface area (TPSA) is 85.2 Å². The molecule has 2 aliphatic heterocycles. The molecule has 1 saturated heterocycles. The lowest BCUT2D eigenvalue weighted by Crippen LogP contribution is -2.28. The summed E-state index contributed by atoms with van der Waals surface area (Å²) in [4.78, 5) is 33.5. The number of pyridine rings is 1. The van der Waals surface area contributed by atoms with Crippen LogP contribution >= 0.6 is 11.3 Å². The van der Waals surface area contributed by atoms with Gasteiger partial charge in [-0.25, -0.2) is 4.98 Å². The average Bonchev–Trinajstić information content (AvgIpc) is 3.58. The summed E-state index contributed by atoms with van der Waals surface area (Å²) < 4.78 is 13.1. The van der Waals surface area contributed by atoms with Crippen molar-refractivity contribution in [1.29, 1.82) is 0 Å². The predicted octanol–water partition coefficient (Wildman–Crippen LogP) is 4.13. The maximum atomic E-state index is 13.3. The summed E-state index contributed by atoms with van der Waals surface area (Å²) in [7, 11) is 0. The molecule has 3 aromatic heterocycles. The van der Waals surface area contributed by atoms with E-state index in [0.717, 1.165) is 21.8 Å². The Labute approximate surface area is 199 Å². The first-order valence-corrected chi connectivity index (χ1v) is 12.0. The fraction of sp³-hybridized carbons (Fsp3) is 0.240. The number of nitrogens with one attached hydrogen (secondary N) is 1. The third kappa shape index (κ3) is 3.58. The molecule has 1 fully saturated rings. The molecule has 0 aliphatic carbocycles. The highest BCUT2D eigenvalue weighted by Gasteiger charge is 2.36. The average molecular weight is 475 g/mol. The fourth-order valence-corrected chi connectivity index (χ4v) is 5.12. The van der Waals surface area contributed by atoms with Gasteiger partial charge in [0.05, 0.1) is 10.8 Å². The molecular weight excluding hydrogens is 452 g/mol. The number of hydrogen-bond acceptors (Lipinski definition) is 6. The van der Waals surface area contributed by atoms with E-state index in [1.54, 1.807) is 28.4 Å². The molecule has 1 atom stereocenters. The monoisotopic (exact) mass is 474 g/mol. The van der Waals surface area contributed by atoms with Gasteiger partial charge in [-0.15, -0.1) is 11.3 Å². The Balaban J connectivity index is 1.27. The van der Waals surface area contributed by atoms with Gasteiger partial charge in [-0.05, 0) is 48.2 Å². The first-order chi connectivity index (χ1) is 16.6. The zero-order chi connectivity index (χ0) is 23.2. The lowest BCUT2D eigenvalue weighted by atomic mass is 10.1. The van der Waals surface area contributed by atoms with E-state index in [9.17, 15) is 9.59 Å². The highest BCUT2D eigenvalue weighted by Crippen LogP contribution is 2.37. The summed E-state index contributed by atoms with van der Waals surface area (Å²) in [6.07, 6.45) is 2.05. The van der Waals surface area contributed by atoms with Crippen LogP contribution in [-0.2, 0) is 9.59 Å². The number of carbonyl (C=O) groups excluding carboxylic acids is 2. The van der Waals surface area contributed by atoms with Crippen molar-refractivity contribution < 1.29 is 19.1 Å². The molecule has 4 aromatic rings. The second-order valence-electron chi connectivity index (χ2n) is 8.44. The molecule has 2 aliphatic rings. The molecule has 0 bridgehead atoms.